The molecule has 140 valence electrons. The van der Waals surface area contributed by atoms with Crippen LogP contribution in [-0.2, 0) is 16.1 Å². The first-order chi connectivity index (χ1) is 12.2. The van der Waals surface area contributed by atoms with Gasteiger partial charge < -0.3 is 14.6 Å². The van der Waals surface area contributed by atoms with Crippen molar-refractivity contribution in [1.82, 2.24) is 9.55 Å². The number of pyridine rings is 1. The van der Waals surface area contributed by atoms with E-state index in [0.717, 1.165) is 11.3 Å². The van der Waals surface area contributed by atoms with Crippen LogP contribution in [0.15, 0.2) is 16.9 Å². The number of aromatic nitrogens is 2. The molecule has 8 heteroatoms. The van der Waals surface area contributed by atoms with Gasteiger partial charge in [0.15, 0.2) is 10.6 Å². The van der Waals surface area contributed by atoms with E-state index in [1.54, 1.807) is 25.3 Å². The molecule has 0 aliphatic heterocycles. The van der Waals surface area contributed by atoms with Crippen molar-refractivity contribution in [2.24, 2.45) is 5.92 Å². The molecule has 2 aromatic heterocycles. The first-order valence-electron chi connectivity index (χ1n) is 8.30. The molecule has 7 nitrogen and oxygen atoms in total. The van der Waals surface area contributed by atoms with Crippen molar-refractivity contribution in [2.45, 2.75) is 41.2 Å². The maximum Gasteiger partial charge on any atom is 0.350 e. The Bertz CT molecular complexity index is 857. The molecule has 0 saturated carbocycles. The van der Waals surface area contributed by atoms with Crippen LogP contribution in [0.4, 0.5) is 5.13 Å². The second-order valence-corrected chi connectivity index (χ2v) is 7.53. The van der Waals surface area contributed by atoms with Crippen LogP contribution < -0.4 is 10.7 Å². The Morgan fingerprint density at radius 1 is 1.23 bits per heavy atom. The summed E-state index contributed by atoms with van der Waals surface area (Å²) in [4.78, 5) is 40.5. The number of rotatable bonds is 6. The van der Waals surface area contributed by atoms with Crippen LogP contribution in [0.25, 0.3) is 0 Å². The zero-order chi connectivity index (χ0) is 19.4. The van der Waals surface area contributed by atoms with Gasteiger partial charge in [0.25, 0.3) is 0 Å². The van der Waals surface area contributed by atoms with Crippen LogP contribution >= 0.6 is 11.3 Å². The maximum absolute atomic E-state index is 12.3. The van der Waals surface area contributed by atoms with Crippen LogP contribution in [0.2, 0.25) is 0 Å². The number of nitrogens with zero attached hydrogens (tertiary/aromatic N) is 2. The number of nitrogens with one attached hydrogen (secondary N) is 1. The molecule has 1 N–H and O–H groups in total. The van der Waals surface area contributed by atoms with Crippen LogP contribution in [0, 0.1) is 26.7 Å². The number of aryl methyl sites for hydroxylation is 3. The summed E-state index contributed by atoms with van der Waals surface area (Å²) in [6.45, 7) is 9.57. The molecule has 0 unspecified atom stereocenters. The van der Waals surface area contributed by atoms with Gasteiger partial charge in [0.2, 0.25) is 5.91 Å². The number of hydrogen-bond donors (Lipinski definition) is 1. The number of carbonyl (C=O) groups is 2. The Morgan fingerprint density at radius 3 is 2.42 bits per heavy atom. The van der Waals surface area contributed by atoms with Crippen molar-refractivity contribution in [1.29, 1.82) is 0 Å². The van der Waals surface area contributed by atoms with Gasteiger partial charge in [-0.05, 0) is 26.7 Å². The molecule has 0 radical (unpaired) electrons. The molecule has 0 aromatic carbocycles. The summed E-state index contributed by atoms with van der Waals surface area (Å²) in [6, 6.07) is 2.97. The molecule has 0 fully saturated rings. The number of hydrogen-bond acceptors (Lipinski definition) is 6. The molecule has 0 spiro atoms. The third-order valence-electron chi connectivity index (χ3n) is 3.63. The smallest absolute Gasteiger partial charge is 0.350 e. The van der Waals surface area contributed by atoms with E-state index in [4.69, 9.17) is 4.74 Å². The Morgan fingerprint density at radius 2 is 1.85 bits per heavy atom. The Hall–Kier alpha value is -2.48. The fourth-order valence-electron chi connectivity index (χ4n) is 2.39. The van der Waals surface area contributed by atoms with Crippen molar-refractivity contribution in [3.63, 3.8) is 0 Å². The number of ether oxygens (including phenoxy) is 1. The highest BCUT2D eigenvalue weighted by molar-refractivity contribution is 7.17. The highest BCUT2D eigenvalue weighted by Crippen LogP contribution is 2.23. The third-order valence-corrected chi connectivity index (χ3v) is 4.68. The standard InChI is InChI=1S/C18H23N3O4S/c1-10(2)9-25-17(24)16-13(5)19-18(26-16)20-15(23)8-21-11(3)6-14(22)7-12(21)4/h6-7,10H,8-9H2,1-5H3,(H,19,20,23). The highest BCUT2D eigenvalue weighted by atomic mass is 32.1. The minimum Gasteiger partial charge on any atom is -0.461 e. The van der Waals surface area contributed by atoms with E-state index in [0.29, 0.717) is 33.7 Å². The average molecular weight is 377 g/mol. The van der Waals surface area contributed by atoms with E-state index < -0.39 is 5.97 Å². The summed E-state index contributed by atoms with van der Waals surface area (Å²) in [5, 5.41) is 3.05. The first-order valence-corrected chi connectivity index (χ1v) is 9.11. The van der Waals surface area contributed by atoms with Gasteiger partial charge in [0.05, 0.1) is 12.3 Å². The average Bonchev–Trinajstić information content (AvgIpc) is 2.88. The summed E-state index contributed by atoms with van der Waals surface area (Å²) in [6.07, 6.45) is 0. The fourth-order valence-corrected chi connectivity index (χ4v) is 3.26. The van der Waals surface area contributed by atoms with Crippen molar-refractivity contribution in [3.05, 3.63) is 44.3 Å². The normalized spacial score (nSPS) is 10.8. The molecule has 2 rings (SSSR count). The Kier molecular flexibility index (Phi) is 6.31. The molecule has 2 aromatic rings. The van der Waals surface area contributed by atoms with Gasteiger partial charge >= 0.3 is 5.97 Å². The summed E-state index contributed by atoms with van der Waals surface area (Å²) in [7, 11) is 0. The molecular weight excluding hydrogens is 354 g/mol. The van der Waals surface area contributed by atoms with Gasteiger partial charge in [-0.3, -0.25) is 9.59 Å². The zero-order valence-corrected chi connectivity index (χ0v) is 16.4. The number of esters is 1. The van der Waals surface area contributed by atoms with Gasteiger partial charge in [-0.2, -0.15) is 0 Å². The van der Waals surface area contributed by atoms with Crippen molar-refractivity contribution in [3.8, 4) is 0 Å². The van der Waals surface area contributed by atoms with E-state index in [1.165, 1.54) is 12.1 Å². The molecular formula is C18H23N3O4S. The van der Waals surface area contributed by atoms with Gasteiger partial charge in [0.1, 0.15) is 11.4 Å². The topological polar surface area (TPSA) is 90.3 Å². The minimum atomic E-state index is -0.429. The molecule has 0 bridgehead atoms. The van der Waals surface area contributed by atoms with Crippen LogP contribution in [-0.4, -0.2) is 28.0 Å². The van der Waals surface area contributed by atoms with E-state index in [9.17, 15) is 14.4 Å². The lowest BCUT2D eigenvalue weighted by atomic mass is 10.2. The Balaban J connectivity index is 2.07. The van der Waals surface area contributed by atoms with Gasteiger partial charge in [-0.25, -0.2) is 9.78 Å². The predicted octanol–water partition coefficient (Wildman–Crippen LogP) is 2.68. The zero-order valence-electron chi connectivity index (χ0n) is 15.6. The molecule has 26 heavy (non-hydrogen) atoms. The Labute approximate surface area is 156 Å². The van der Waals surface area contributed by atoms with Crippen LogP contribution in [0.5, 0.6) is 0 Å². The number of anilines is 1. The fraction of sp³-hybridized carbons (Fsp3) is 0.444. The monoisotopic (exact) mass is 377 g/mol. The molecule has 1 amide bonds. The van der Waals surface area contributed by atoms with Gasteiger partial charge in [-0.1, -0.05) is 25.2 Å². The lowest BCUT2D eigenvalue weighted by Crippen LogP contribution is -2.23. The number of amides is 1. The highest BCUT2D eigenvalue weighted by Gasteiger charge is 2.18. The molecule has 0 saturated heterocycles. The summed E-state index contributed by atoms with van der Waals surface area (Å²) < 4.78 is 6.96. The van der Waals surface area contributed by atoms with Crippen molar-refractivity contribution >= 4 is 28.3 Å². The third kappa shape index (κ3) is 5.01. The SMILES string of the molecule is Cc1nc(NC(=O)Cn2c(C)cc(=O)cc2C)sc1C(=O)OCC(C)C. The predicted molar refractivity (Wildman–Crippen MR) is 101 cm³/mol. The largest absolute Gasteiger partial charge is 0.461 e. The number of carbonyl (C=O) groups excluding carboxylic acids is 2. The van der Waals surface area contributed by atoms with Gasteiger partial charge in [-0.15, -0.1) is 0 Å². The van der Waals surface area contributed by atoms with Crippen LogP contribution in [0.1, 0.15) is 40.6 Å². The summed E-state index contributed by atoms with van der Waals surface area (Å²) in [5.74, 6) is -0.465. The lowest BCUT2D eigenvalue weighted by molar-refractivity contribution is -0.116. The van der Waals surface area contributed by atoms with Crippen molar-refractivity contribution in [2.75, 3.05) is 11.9 Å². The second-order valence-electron chi connectivity index (χ2n) is 6.53. The summed E-state index contributed by atoms with van der Waals surface area (Å²) in [5.41, 5.74) is 1.85. The van der Waals surface area contributed by atoms with E-state index >= 15 is 0 Å². The molecule has 0 aliphatic carbocycles. The van der Waals surface area contributed by atoms with E-state index in [2.05, 4.69) is 10.3 Å². The quantitative estimate of drug-likeness (QED) is 0.782. The first kappa shape index (κ1) is 19.8. The maximum atomic E-state index is 12.3. The second kappa shape index (κ2) is 8.27. The molecule has 2 heterocycles. The molecule has 0 atom stereocenters. The van der Waals surface area contributed by atoms with E-state index in [1.807, 2.05) is 13.8 Å². The van der Waals surface area contributed by atoms with E-state index in [-0.39, 0.29) is 23.8 Å². The van der Waals surface area contributed by atoms with Crippen molar-refractivity contribution < 1.29 is 14.3 Å². The van der Waals surface area contributed by atoms with Crippen LogP contribution in [0.3, 0.4) is 0 Å². The lowest BCUT2D eigenvalue weighted by Gasteiger charge is -2.13. The number of thiazole rings is 1. The van der Waals surface area contributed by atoms with Gasteiger partial charge in [0, 0.05) is 23.5 Å². The summed E-state index contributed by atoms with van der Waals surface area (Å²) >= 11 is 1.09. The minimum absolute atomic E-state index is 0.0592. The molecule has 0 aliphatic rings.